The first-order valence-electron chi connectivity index (χ1n) is 5.03. The summed E-state index contributed by atoms with van der Waals surface area (Å²) in [5.41, 5.74) is 2.06. The van der Waals surface area contributed by atoms with Crippen molar-refractivity contribution in [2.75, 3.05) is 0 Å². The van der Waals surface area contributed by atoms with Crippen molar-refractivity contribution in [1.29, 1.82) is 0 Å². The van der Waals surface area contributed by atoms with Crippen LogP contribution in [0.25, 0.3) is 0 Å². The molecule has 0 aliphatic heterocycles. The molecule has 0 saturated carbocycles. The standard InChI is InChI=1S/C13H15Cl/c1-3-5-6-7-12-9-8-11(4-2)10-13(12)14/h2,8-10H,3,5-7H2,1H3. The molecule has 0 amide bonds. The monoisotopic (exact) mass is 206 g/mol. The third-order valence-electron chi connectivity index (χ3n) is 2.27. The zero-order chi connectivity index (χ0) is 10.4. The number of hydrogen-bond acceptors (Lipinski definition) is 0. The molecule has 1 heteroatoms. The van der Waals surface area contributed by atoms with Crippen LogP contribution in [-0.4, -0.2) is 0 Å². The van der Waals surface area contributed by atoms with Crippen LogP contribution in [0.3, 0.4) is 0 Å². The summed E-state index contributed by atoms with van der Waals surface area (Å²) >= 11 is 6.09. The van der Waals surface area contributed by atoms with Gasteiger partial charge in [-0.25, -0.2) is 0 Å². The van der Waals surface area contributed by atoms with Crippen LogP contribution in [0.15, 0.2) is 18.2 Å². The normalized spacial score (nSPS) is 9.79. The van der Waals surface area contributed by atoms with E-state index in [2.05, 4.69) is 12.8 Å². The topological polar surface area (TPSA) is 0 Å². The van der Waals surface area contributed by atoms with Gasteiger partial charge < -0.3 is 0 Å². The fourth-order valence-electron chi connectivity index (χ4n) is 1.41. The fraction of sp³-hybridized carbons (Fsp3) is 0.385. The van der Waals surface area contributed by atoms with Crippen LogP contribution < -0.4 is 0 Å². The van der Waals surface area contributed by atoms with Crippen LogP contribution in [0.1, 0.15) is 37.3 Å². The minimum atomic E-state index is 0.802. The molecule has 0 atom stereocenters. The Morgan fingerprint density at radius 2 is 2.14 bits per heavy atom. The van der Waals surface area contributed by atoms with E-state index in [-0.39, 0.29) is 0 Å². The maximum absolute atomic E-state index is 6.09. The van der Waals surface area contributed by atoms with Gasteiger partial charge in [0.2, 0.25) is 0 Å². The molecule has 74 valence electrons. The van der Waals surface area contributed by atoms with Crippen LogP contribution >= 0.6 is 11.6 Å². The third kappa shape index (κ3) is 3.09. The van der Waals surface area contributed by atoms with Gasteiger partial charge in [-0.05, 0) is 30.5 Å². The predicted octanol–water partition coefficient (Wildman–Crippen LogP) is 4.05. The number of unbranched alkanes of at least 4 members (excludes halogenated alkanes) is 2. The lowest BCUT2D eigenvalue weighted by Crippen LogP contribution is -1.87. The Morgan fingerprint density at radius 1 is 1.36 bits per heavy atom. The van der Waals surface area contributed by atoms with Gasteiger partial charge in [0.1, 0.15) is 0 Å². The lowest BCUT2D eigenvalue weighted by molar-refractivity contribution is 0.717. The molecule has 0 radical (unpaired) electrons. The summed E-state index contributed by atoms with van der Waals surface area (Å²) in [6, 6.07) is 5.85. The molecule has 14 heavy (non-hydrogen) atoms. The van der Waals surface area contributed by atoms with Gasteiger partial charge in [-0.2, -0.15) is 0 Å². The Labute approximate surface area is 91.3 Å². The minimum absolute atomic E-state index is 0.802. The highest BCUT2D eigenvalue weighted by Crippen LogP contribution is 2.19. The van der Waals surface area contributed by atoms with E-state index in [9.17, 15) is 0 Å². The van der Waals surface area contributed by atoms with Crippen molar-refractivity contribution in [2.45, 2.75) is 32.6 Å². The first-order valence-corrected chi connectivity index (χ1v) is 5.40. The summed E-state index contributed by atoms with van der Waals surface area (Å²) in [7, 11) is 0. The summed E-state index contributed by atoms with van der Waals surface area (Å²) in [4.78, 5) is 0. The Balaban J connectivity index is 2.65. The van der Waals surface area contributed by atoms with E-state index >= 15 is 0 Å². The number of aryl methyl sites for hydroxylation is 1. The zero-order valence-electron chi connectivity index (χ0n) is 8.52. The summed E-state index contributed by atoms with van der Waals surface area (Å²) in [5, 5.41) is 0.802. The fourth-order valence-corrected chi connectivity index (χ4v) is 1.68. The zero-order valence-corrected chi connectivity index (χ0v) is 9.27. The second kappa shape index (κ2) is 5.73. The maximum atomic E-state index is 6.09. The Bertz CT molecular complexity index is 334. The second-order valence-electron chi connectivity index (χ2n) is 3.41. The highest BCUT2D eigenvalue weighted by atomic mass is 35.5. The van der Waals surface area contributed by atoms with Gasteiger partial charge in [0, 0.05) is 10.6 Å². The molecule has 0 aromatic heterocycles. The van der Waals surface area contributed by atoms with Crippen LogP contribution in [-0.2, 0) is 6.42 Å². The van der Waals surface area contributed by atoms with Gasteiger partial charge >= 0.3 is 0 Å². The Kier molecular flexibility index (Phi) is 4.56. The second-order valence-corrected chi connectivity index (χ2v) is 3.81. The molecule has 0 saturated heterocycles. The molecular weight excluding hydrogens is 192 g/mol. The van der Waals surface area contributed by atoms with Gasteiger partial charge in [-0.15, -0.1) is 6.42 Å². The van der Waals surface area contributed by atoms with Gasteiger partial charge in [0.05, 0.1) is 0 Å². The highest BCUT2D eigenvalue weighted by Gasteiger charge is 2.00. The van der Waals surface area contributed by atoms with Crippen LogP contribution in [0, 0.1) is 12.3 Å². The number of benzene rings is 1. The molecular formula is C13H15Cl. The van der Waals surface area contributed by atoms with E-state index in [1.54, 1.807) is 0 Å². The molecule has 0 fully saturated rings. The molecule has 0 nitrogen and oxygen atoms in total. The first-order chi connectivity index (χ1) is 6.77. The van der Waals surface area contributed by atoms with Crippen molar-refractivity contribution < 1.29 is 0 Å². The summed E-state index contributed by atoms with van der Waals surface area (Å²) in [6.45, 7) is 2.20. The number of terminal acetylenes is 1. The lowest BCUT2D eigenvalue weighted by Gasteiger charge is -2.03. The van der Waals surface area contributed by atoms with Crippen LogP contribution in [0.5, 0.6) is 0 Å². The molecule has 0 aliphatic carbocycles. The van der Waals surface area contributed by atoms with Crippen molar-refractivity contribution in [3.63, 3.8) is 0 Å². The SMILES string of the molecule is C#Cc1ccc(CCCCC)c(Cl)c1. The van der Waals surface area contributed by atoms with Crippen molar-refractivity contribution >= 4 is 11.6 Å². The van der Waals surface area contributed by atoms with Gasteiger partial charge in [0.25, 0.3) is 0 Å². The number of hydrogen-bond donors (Lipinski definition) is 0. The number of rotatable bonds is 4. The average molecular weight is 207 g/mol. The predicted molar refractivity (Wildman–Crippen MR) is 62.6 cm³/mol. The van der Waals surface area contributed by atoms with Gasteiger partial charge in [-0.1, -0.05) is 43.4 Å². The number of halogens is 1. The molecule has 1 aromatic carbocycles. The summed E-state index contributed by atoms with van der Waals surface area (Å²) in [5.74, 6) is 2.58. The molecule has 0 bridgehead atoms. The van der Waals surface area contributed by atoms with Crippen molar-refractivity contribution in [3.05, 3.63) is 34.3 Å². The summed E-state index contributed by atoms with van der Waals surface area (Å²) in [6.07, 6.45) is 10.0. The van der Waals surface area contributed by atoms with Crippen molar-refractivity contribution in [2.24, 2.45) is 0 Å². The van der Waals surface area contributed by atoms with E-state index in [1.165, 1.54) is 24.8 Å². The Hall–Kier alpha value is -0.930. The van der Waals surface area contributed by atoms with E-state index in [1.807, 2.05) is 18.2 Å². The Morgan fingerprint density at radius 3 is 2.71 bits per heavy atom. The van der Waals surface area contributed by atoms with Gasteiger partial charge in [0.15, 0.2) is 0 Å². The highest BCUT2D eigenvalue weighted by molar-refractivity contribution is 6.31. The molecule has 0 spiro atoms. The first kappa shape index (κ1) is 11.1. The van der Waals surface area contributed by atoms with E-state index in [0.29, 0.717) is 0 Å². The van der Waals surface area contributed by atoms with E-state index in [0.717, 1.165) is 17.0 Å². The van der Waals surface area contributed by atoms with Crippen LogP contribution in [0.2, 0.25) is 5.02 Å². The quantitative estimate of drug-likeness (QED) is 0.515. The molecule has 0 unspecified atom stereocenters. The van der Waals surface area contributed by atoms with E-state index in [4.69, 9.17) is 18.0 Å². The summed E-state index contributed by atoms with van der Waals surface area (Å²) < 4.78 is 0. The smallest absolute Gasteiger partial charge is 0.0450 e. The molecule has 0 aliphatic rings. The molecule has 1 rings (SSSR count). The van der Waals surface area contributed by atoms with Gasteiger partial charge in [-0.3, -0.25) is 0 Å². The maximum Gasteiger partial charge on any atom is 0.0450 e. The molecule has 0 N–H and O–H groups in total. The minimum Gasteiger partial charge on any atom is -0.115 e. The molecule has 0 heterocycles. The lowest BCUT2D eigenvalue weighted by atomic mass is 10.1. The molecule has 1 aromatic rings. The average Bonchev–Trinajstić information content (AvgIpc) is 2.20. The van der Waals surface area contributed by atoms with Crippen LogP contribution in [0.4, 0.5) is 0 Å². The van der Waals surface area contributed by atoms with Crippen molar-refractivity contribution in [1.82, 2.24) is 0 Å². The van der Waals surface area contributed by atoms with Crippen molar-refractivity contribution in [3.8, 4) is 12.3 Å². The third-order valence-corrected chi connectivity index (χ3v) is 2.62. The largest absolute Gasteiger partial charge is 0.115 e. The van der Waals surface area contributed by atoms with E-state index < -0.39 is 0 Å².